The molecule has 2 aromatic rings. The second-order valence-electron chi connectivity index (χ2n) is 7.66. The lowest BCUT2D eigenvalue weighted by atomic mass is 10.0. The first-order valence-corrected chi connectivity index (χ1v) is 10.4. The Labute approximate surface area is 186 Å². The SMILES string of the molecule is CCCN(C(=O)COc1ccc(C(F)(F)F)cc1)C(C)C(O)c1cnccc1OC(C)C. The summed E-state index contributed by atoms with van der Waals surface area (Å²) in [6, 6.07) is 5.18. The van der Waals surface area contributed by atoms with Crippen LogP contribution in [0.4, 0.5) is 13.2 Å². The number of carbonyl (C=O) groups is 1. The number of nitrogens with zero attached hydrogens (tertiary/aromatic N) is 2. The number of carbonyl (C=O) groups excluding carboxylic acids is 1. The van der Waals surface area contributed by atoms with Gasteiger partial charge in [-0.15, -0.1) is 0 Å². The highest BCUT2D eigenvalue weighted by Crippen LogP contribution is 2.31. The fourth-order valence-electron chi connectivity index (χ4n) is 3.17. The Morgan fingerprint density at radius 3 is 2.38 bits per heavy atom. The van der Waals surface area contributed by atoms with Crippen LogP contribution < -0.4 is 9.47 Å². The number of ether oxygens (including phenoxy) is 2. The smallest absolute Gasteiger partial charge is 0.416 e. The van der Waals surface area contributed by atoms with Crippen molar-refractivity contribution in [1.82, 2.24) is 9.88 Å². The van der Waals surface area contributed by atoms with Crippen molar-refractivity contribution in [3.63, 3.8) is 0 Å². The summed E-state index contributed by atoms with van der Waals surface area (Å²) in [5.41, 5.74) is -0.331. The number of aliphatic hydroxyl groups excluding tert-OH is 1. The topological polar surface area (TPSA) is 71.9 Å². The maximum Gasteiger partial charge on any atom is 0.416 e. The summed E-state index contributed by atoms with van der Waals surface area (Å²) >= 11 is 0. The first kappa shape index (κ1) is 25.5. The van der Waals surface area contributed by atoms with Gasteiger partial charge in [0.15, 0.2) is 6.61 Å². The Morgan fingerprint density at radius 2 is 1.81 bits per heavy atom. The molecule has 9 heteroatoms. The minimum atomic E-state index is -4.44. The van der Waals surface area contributed by atoms with Gasteiger partial charge in [0.05, 0.1) is 17.7 Å². The minimum absolute atomic E-state index is 0.107. The van der Waals surface area contributed by atoms with Gasteiger partial charge in [-0.2, -0.15) is 13.2 Å². The van der Waals surface area contributed by atoms with E-state index < -0.39 is 29.8 Å². The zero-order valence-corrected chi connectivity index (χ0v) is 18.6. The molecule has 2 rings (SSSR count). The molecule has 6 nitrogen and oxygen atoms in total. The number of halogens is 3. The Morgan fingerprint density at radius 1 is 1.16 bits per heavy atom. The van der Waals surface area contributed by atoms with Crippen LogP contribution in [-0.4, -0.2) is 46.2 Å². The van der Waals surface area contributed by atoms with Gasteiger partial charge >= 0.3 is 6.18 Å². The third kappa shape index (κ3) is 6.85. The van der Waals surface area contributed by atoms with E-state index in [1.807, 2.05) is 20.8 Å². The molecule has 1 aromatic heterocycles. The number of rotatable bonds is 10. The predicted octanol–water partition coefficient (Wildman–Crippen LogP) is 4.63. The molecule has 32 heavy (non-hydrogen) atoms. The van der Waals surface area contributed by atoms with Crippen LogP contribution in [0, 0.1) is 0 Å². The molecular weight excluding hydrogens is 425 g/mol. The van der Waals surface area contributed by atoms with Crippen LogP contribution in [0.5, 0.6) is 11.5 Å². The lowest BCUT2D eigenvalue weighted by Gasteiger charge is -2.33. The molecule has 0 saturated heterocycles. The van der Waals surface area contributed by atoms with Crippen molar-refractivity contribution in [2.24, 2.45) is 0 Å². The van der Waals surface area contributed by atoms with Gasteiger partial charge in [0.2, 0.25) is 0 Å². The first-order chi connectivity index (χ1) is 15.0. The molecule has 0 aliphatic carbocycles. The Hall–Kier alpha value is -2.81. The summed E-state index contributed by atoms with van der Waals surface area (Å²) in [5, 5.41) is 11.0. The van der Waals surface area contributed by atoms with E-state index >= 15 is 0 Å². The molecule has 1 heterocycles. The fourth-order valence-corrected chi connectivity index (χ4v) is 3.17. The summed E-state index contributed by atoms with van der Waals surface area (Å²) in [5.74, 6) is 0.239. The van der Waals surface area contributed by atoms with Crippen molar-refractivity contribution in [2.75, 3.05) is 13.2 Å². The second kappa shape index (κ2) is 11.2. The predicted molar refractivity (Wildman–Crippen MR) is 113 cm³/mol. The molecule has 1 amide bonds. The van der Waals surface area contributed by atoms with Gasteiger partial charge in [0.1, 0.15) is 17.6 Å². The molecule has 2 unspecified atom stereocenters. The van der Waals surface area contributed by atoms with Crippen LogP contribution in [0.3, 0.4) is 0 Å². The zero-order valence-electron chi connectivity index (χ0n) is 18.6. The molecule has 0 aliphatic heterocycles. The van der Waals surface area contributed by atoms with E-state index in [9.17, 15) is 23.1 Å². The highest BCUT2D eigenvalue weighted by atomic mass is 19.4. The van der Waals surface area contributed by atoms with Gasteiger partial charge in [-0.25, -0.2) is 0 Å². The normalized spacial score (nSPS) is 13.5. The Balaban J connectivity index is 2.10. The molecule has 0 aliphatic rings. The molecule has 1 aromatic carbocycles. The van der Waals surface area contributed by atoms with Crippen molar-refractivity contribution in [3.8, 4) is 11.5 Å². The van der Waals surface area contributed by atoms with Gasteiger partial charge in [0, 0.05) is 24.5 Å². The number of aromatic nitrogens is 1. The second-order valence-corrected chi connectivity index (χ2v) is 7.66. The molecule has 0 bridgehead atoms. The molecule has 0 fully saturated rings. The highest BCUT2D eigenvalue weighted by Gasteiger charge is 2.31. The third-order valence-corrected chi connectivity index (χ3v) is 4.77. The maximum atomic E-state index is 12.8. The van der Waals surface area contributed by atoms with Crippen molar-refractivity contribution < 1.29 is 32.5 Å². The van der Waals surface area contributed by atoms with E-state index in [0.29, 0.717) is 24.3 Å². The average molecular weight is 454 g/mol. The average Bonchev–Trinajstić information content (AvgIpc) is 2.74. The number of benzene rings is 1. The van der Waals surface area contributed by atoms with Gasteiger partial charge in [-0.3, -0.25) is 9.78 Å². The molecule has 176 valence electrons. The zero-order chi connectivity index (χ0) is 23.9. The summed E-state index contributed by atoms with van der Waals surface area (Å²) in [6.07, 6.45) is -1.89. The first-order valence-electron chi connectivity index (χ1n) is 10.4. The van der Waals surface area contributed by atoms with E-state index in [4.69, 9.17) is 9.47 Å². The van der Waals surface area contributed by atoms with Crippen LogP contribution in [0.15, 0.2) is 42.7 Å². The van der Waals surface area contributed by atoms with Gasteiger partial charge < -0.3 is 19.5 Å². The standard InChI is InChI=1S/C23H29F3N2O4/c1-5-12-28(16(4)22(30)19-13-27-11-10-20(19)32-15(2)3)21(29)14-31-18-8-6-17(7-9-18)23(24,25)26/h6-11,13,15-16,22,30H,5,12,14H2,1-4H3. The summed E-state index contributed by atoms with van der Waals surface area (Å²) in [4.78, 5) is 18.4. The van der Waals surface area contributed by atoms with Crippen LogP contribution in [0.25, 0.3) is 0 Å². The Kier molecular flexibility index (Phi) is 8.89. The fraction of sp³-hybridized carbons (Fsp3) is 0.478. The van der Waals surface area contributed by atoms with Crippen LogP contribution in [-0.2, 0) is 11.0 Å². The van der Waals surface area contributed by atoms with E-state index in [1.54, 1.807) is 19.2 Å². The van der Waals surface area contributed by atoms with Crippen molar-refractivity contribution >= 4 is 5.91 Å². The van der Waals surface area contributed by atoms with Crippen molar-refractivity contribution in [2.45, 2.75) is 58.5 Å². The van der Waals surface area contributed by atoms with Crippen LogP contribution >= 0.6 is 0 Å². The minimum Gasteiger partial charge on any atom is -0.491 e. The number of hydrogen-bond acceptors (Lipinski definition) is 5. The number of pyridine rings is 1. The molecule has 0 radical (unpaired) electrons. The van der Waals surface area contributed by atoms with E-state index in [2.05, 4.69) is 4.98 Å². The third-order valence-electron chi connectivity index (χ3n) is 4.77. The number of alkyl halides is 3. The molecule has 2 atom stereocenters. The summed E-state index contributed by atoms with van der Waals surface area (Å²) < 4.78 is 49.2. The quantitative estimate of drug-likeness (QED) is 0.567. The Bertz CT molecular complexity index is 872. The summed E-state index contributed by atoms with van der Waals surface area (Å²) in [7, 11) is 0. The highest BCUT2D eigenvalue weighted by molar-refractivity contribution is 5.78. The van der Waals surface area contributed by atoms with Crippen LogP contribution in [0.2, 0.25) is 0 Å². The van der Waals surface area contributed by atoms with Crippen molar-refractivity contribution in [3.05, 3.63) is 53.9 Å². The maximum absolute atomic E-state index is 12.8. The molecule has 0 spiro atoms. The monoisotopic (exact) mass is 454 g/mol. The lowest BCUT2D eigenvalue weighted by molar-refractivity contribution is -0.139. The number of amides is 1. The molecular formula is C23H29F3N2O4. The van der Waals surface area contributed by atoms with Crippen LogP contribution in [0.1, 0.15) is 51.3 Å². The van der Waals surface area contributed by atoms with E-state index in [0.717, 1.165) is 12.1 Å². The van der Waals surface area contributed by atoms with Crippen molar-refractivity contribution in [1.29, 1.82) is 0 Å². The van der Waals surface area contributed by atoms with E-state index in [1.165, 1.54) is 23.2 Å². The van der Waals surface area contributed by atoms with Gasteiger partial charge in [-0.05, 0) is 57.5 Å². The summed E-state index contributed by atoms with van der Waals surface area (Å²) in [6.45, 7) is 7.34. The largest absolute Gasteiger partial charge is 0.491 e. The number of aliphatic hydroxyl groups is 1. The lowest BCUT2D eigenvalue weighted by Crippen LogP contribution is -2.44. The van der Waals surface area contributed by atoms with E-state index in [-0.39, 0.29) is 18.5 Å². The molecule has 1 N–H and O–H groups in total. The molecule has 0 saturated carbocycles. The van der Waals surface area contributed by atoms with Gasteiger partial charge in [-0.1, -0.05) is 6.92 Å². The van der Waals surface area contributed by atoms with Gasteiger partial charge in [0.25, 0.3) is 5.91 Å². The number of hydrogen-bond donors (Lipinski definition) is 1.